The number of nitrogens with one attached hydrogen (secondary N) is 1. The zero-order chi connectivity index (χ0) is 16.9. The summed E-state index contributed by atoms with van der Waals surface area (Å²) in [5.74, 6) is 0.673. The molecule has 122 valence electrons. The van der Waals surface area contributed by atoms with Crippen LogP contribution in [0.5, 0.6) is 5.75 Å². The standard InChI is InChI=1S/C18H16ClN3O2/c19-14-6-3-5-13(11-20)18(14)21-9-4-10-22-15-7-1-2-8-16(15)24-12-17(22)23/h1-3,5-8,21H,4,9-10,12H2. The molecule has 1 amide bonds. The van der Waals surface area contributed by atoms with Gasteiger partial charge in [0.25, 0.3) is 5.91 Å². The van der Waals surface area contributed by atoms with E-state index in [4.69, 9.17) is 21.6 Å². The highest BCUT2D eigenvalue weighted by atomic mass is 35.5. The molecule has 24 heavy (non-hydrogen) atoms. The molecule has 0 fully saturated rings. The number of hydrogen-bond donors (Lipinski definition) is 1. The first kappa shape index (κ1) is 16.2. The summed E-state index contributed by atoms with van der Waals surface area (Å²) in [5, 5.41) is 12.8. The van der Waals surface area contributed by atoms with Gasteiger partial charge >= 0.3 is 0 Å². The average Bonchev–Trinajstić information content (AvgIpc) is 2.61. The van der Waals surface area contributed by atoms with Gasteiger partial charge in [-0.3, -0.25) is 4.79 Å². The van der Waals surface area contributed by atoms with Crippen molar-refractivity contribution >= 4 is 28.9 Å². The second-order valence-electron chi connectivity index (χ2n) is 5.36. The number of hydrogen-bond acceptors (Lipinski definition) is 4. The minimum absolute atomic E-state index is 0.0517. The number of fused-ring (bicyclic) bond motifs is 1. The maximum atomic E-state index is 12.1. The summed E-state index contributed by atoms with van der Waals surface area (Å²) in [7, 11) is 0. The fraction of sp³-hybridized carbons (Fsp3) is 0.222. The monoisotopic (exact) mass is 341 g/mol. The molecule has 0 aliphatic carbocycles. The number of ether oxygens (including phenoxy) is 1. The van der Waals surface area contributed by atoms with E-state index in [-0.39, 0.29) is 12.5 Å². The Bertz CT molecular complexity index is 801. The van der Waals surface area contributed by atoms with Crippen molar-refractivity contribution in [1.29, 1.82) is 5.26 Å². The normalized spacial score (nSPS) is 13.0. The predicted molar refractivity (Wildman–Crippen MR) is 93.6 cm³/mol. The van der Waals surface area contributed by atoms with Crippen LogP contribution >= 0.6 is 11.6 Å². The lowest BCUT2D eigenvalue weighted by molar-refractivity contribution is -0.121. The maximum absolute atomic E-state index is 12.1. The fourth-order valence-electron chi connectivity index (χ4n) is 2.65. The average molecular weight is 342 g/mol. The number of carbonyl (C=O) groups excluding carboxylic acids is 1. The summed E-state index contributed by atoms with van der Waals surface area (Å²) >= 11 is 6.13. The lowest BCUT2D eigenvalue weighted by atomic mass is 10.2. The number of carbonyl (C=O) groups is 1. The largest absolute Gasteiger partial charge is 0.482 e. The molecule has 5 nitrogen and oxygen atoms in total. The Labute approximate surface area is 145 Å². The molecule has 0 aromatic heterocycles. The molecule has 0 atom stereocenters. The number of para-hydroxylation sites is 3. The Balaban J connectivity index is 1.62. The smallest absolute Gasteiger partial charge is 0.265 e. The third-order valence-corrected chi connectivity index (χ3v) is 4.12. The Morgan fingerprint density at radius 1 is 1.25 bits per heavy atom. The molecule has 0 spiro atoms. The lowest BCUT2D eigenvalue weighted by Crippen LogP contribution is -2.39. The molecule has 2 aromatic carbocycles. The molecule has 0 saturated heterocycles. The molecule has 0 saturated carbocycles. The number of anilines is 2. The summed E-state index contributed by atoms with van der Waals surface area (Å²) in [6.45, 7) is 1.23. The maximum Gasteiger partial charge on any atom is 0.265 e. The van der Waals surface area contributed by atoms with E-state index in [1.807, 2.05) is 24.3 Å². The van der Waals surface area contributed by atoms with E-state index >= 15 is 0 Å². The van der Waals surface area contributed by atoms with Crippen molar-refractivity contribution in [1.82, 2.24) is 0 Å². The van der Waals surface area contributed by atoms with Gasteiger partial charge in [-0.25, -0.2) is 0 Å². The third-order valence-electron chi connectivity index (χ3n) is 3.80. The highest BCUT2D eigenvalue weighted by molar-refractivity contribution is 6.33. The quantitative estimate of drug-likeness (QED) is 0.846. The highest BCUT2D eigenvalue weighted by Gasteiger charge is 2.24. The Morgan fingerprint density at radius 2 is 2.08 bits per heavy atom. The van der Waals surface area contributed by atoms with Crippen molar-refractivity contribution in [2.45, 2.75) is 6.42 Å². The van der Waals surface area contributed by atoms with Gasteiger partial charge in [0.05, 0.1) is 22.0 Å². The van der Waals surface area contributed by atoms with E-state index < -0.39 is 0 Å². The molecule has 6 heteroatoms. The number of benzene rings is 2. The number of amides is 1. The van der Waals surface area contributed by atoms with E-state index in [0.717, 1.165) is 17.9 Å². The van der Waals surface area contributed by atoms with Crippen molar-refractivity contribution in [2.24, 2.45) is 0 Å². The molecule has 0 bridgehead atoms. The third kappa shape index (κ3) is 3.29. The van der Waals surface area contributed by atoms with Crippen LogP contribution in [-0.4, -0.2) is 25.6 Å². The topological polar surface area (TPSA) is 65.4 Å². The van der Waals surface area contributed by atoms with Crippen LogP contribution in [0.3, 0.4) is 0 Å². The molecule has 0 radical (unpaired) electrons. The minimum atomic E-state index is -0.0517. The van der Waals surface area contributed by atoms with Gasteiger partial charge in [-0.2, -0.15) is 5.26 Å². The Hall–Kier alpha value is -2.71. The van der Waals surface area contributed by atoms with Crippen molar-refractivity contribution in [3.63, 3.8) is 0 Å². The van der Waals surface area contributed by atoms with Gasteiger partial charge in [0, 0.05) is 13.1 Å². The van der Waals surface area contributed by atoms with E-state index in [1.165, 1.54) is 0 Å². The van der Waals surface area contributed by atoms with Crippen LogP contribution in [0.1, 0.15) is 12.0 Å². The van der Waals surface area contributed by atoms with E-state index in [0.29, 0.717) is 29.4 Å². The summed E-state index contributed by atoms with van der Waals surface area (Å²) in [4.78, 5) is 13.8. The molecule has 3 rings (SSSR count). The molecule has 0 unspecified atom stereocenters. The molecule has 1 aliphatic heterocycles. The molecule has 1 heterocycles. The van der Waals surface area contributed by atoms with Gasteiger partial charge in [0.2, 0.25) is 0 Å². The summed E-state index contributed by atoms with van der Waals surface area (Å²) in [6, 6.07) is 14.8. The first-order chi connectivity index (χ1) is 11.7. The first-order valence-electron chi connectivity index (χ1n) is 7.65. The van der Waals surface area contributed by atoms with Crippen molar-refractivity contribution in [3.05, 3.63) is 53.1 Å². The Kier molecular flexibility index (Phi) is 4.88. The first-order valence-corrected chi connectivity index (χ1v) is 8.03. The van der Waals surface area contributed by atoms with Crippen molar-refractivity contribution in [2.75, 3.05) is 29.9 Å². The van der Waals surface area contributed by atoms with Crippen LogP contribution in [0.25, 0.3) is 0 Å². The van der Waals surface area contributed by atoms with E-state index in [9.17, 15) is 4.79 Å². The molecular weight excluding hydrogens is 326 g/mol. The van der Waals surface area contributed by atoms with Gasteiger partial charge in [-0.05, 0) is 30.7 Å². The number of rotatable bonds is 5. The molecule has 2 aromatic rings. The number of nitriles is 1. The van der Waals surface area contributed by atoms with Crippen LogP contribution in [0.15, 0.2) is 42.5 Å². The van der Waals surface area contributed by atoms with Gasteiger partial charge in [-0.1, -0.05) is 29.8 Å². The zero-order valence-corrected chi connectivity index (χ0v) is 13.7. The van der Waals surface area contributed by atoms with Crippen LogP contribution in [-0.2, 0) is 4.79 Å². The van der Waals surface area contributed by atoms with Crippen LogP contribution in [0.2, 0.25) is 5.02 Å². The zero-order valence-electron chi connectivity index (χ0n) is 13.0. The highest BCUT2D eigenvalue weighted by Crippen LogP contribution is 2.31. The van der Waals surface area contributed by atoms with Gasteiger partial charge in [0.15, 0.2) is 6.61 Å². The molecule has 1 aliphatic rings. The van der Waals surface area contributed by atoms with Crippen molar-refractivity contribution in [3.8, 4) is 11.8 Å². The van der Waals surface area contributed by atoms with E-state index in [1.54, 1.807) is 23.1 Å². The van der Waals surface area contributed by atoms with Gasteiger partial charge in [0.1, 0.15) is 11.8 Å². The van der Waals surface area contributed by atoms with Gasteiger partial charge < -0.3 is 15.0 Å². The molecule has 1 N–H and O–H groups in total. The van der Waals surface area contributed by atoms with Gasteiger partial charge in [-0.15, -0.1) is 0 Å². The SMILES string of the molecule is N#Cc1cccc(Cl)c1NCCCN1C(=O)COc2ccccc21. The van der Waals surface area contributed by atoms with Crippen LogP contribution < -0.4 is 15.0 Å². The second kappa shape index (κ2) is 7.24. The lowest BCUT2D eigenvalue weighted by Gasteiger charge is -2.29. The predicted octanol–water partition coefficient (Wildman–Crippen LogP) is 3.44. The van der Waals surface area contributed by atoms with Crippen molar-refractivity contribution < 1.29 is 9.53 Å². The minimum Gasteiger partial charge on any atom is -0.482 e. The summed E-state index contributed by atoms with van der Waals surface area (Å²) in [6.07, 6.45) is 0.718. The van der Waals surface area contributed by atoms with Crippen LogP contribution in [0.4, 0.5) is 11.4 Å². The Morgan fingerprint density at radius 3 is 2.92 bits per heavy atom. The number of nitrogens with zero attached hydrogens (tertiary/aromatic N) is 2. The fourth-order valence-corrected chi connectivity index (χ4v) is 2.89. The summed E-state index contributed by atoms with van der Waals surface area (Å²) < 4.78 is 5.43. The number of halogens is 1. The molecular formula is C18H16ClN3O2. The summed E-state index contributed by atoms with van der Waals surface area (Å²) in [5.41, 5.74) is 1.94. The second-order valence-corrected chi connectivity index (χ2v) is 5.76. The van der Waals surface area contributed by atoms with E-state index in [2.05, 4.69) is 11.4 Å². The van der Waals surface area contributed by atoms with Crippen LogP contribution in [0, 0.1) is 11.3 Å².